The van der Waals surface area contributed by atoms with Gasteiger partial charge in [-0.05, 0) is 5.56 Å². The van der Waals surface area contributed by atoms with Crippen LogP contribution < -0.4 is 10.6 Å². The van der Waals surface area contributed by atoms with Gasteiger partial charge in [-0.3, -0.25) is 4.99 Å². The van der Waals surface area contributed by atoms with Gasteiger partial charge in [0, 0.05) is 25.6 Å². The Morgan fingerprint density at radius 2 is 1.94 bits per heavy atom. The Balaban J connectivity index is 2.58. The van der Waals surface area contributed by atoms with Crippen LogP contribution in [0.25, 0.3) is 0 Å². The molecule has 1 rings (SSSR count). The number of nitrogens with zero attached hydrogens (tertiary/aromatic N) is 1. The minimum Gasteiger partial charge on any atom is -0.356 e. The van der Waals surface area contributed by atoms with Crippen molar-refractivity contribution in [2.75, 3.05) is 20.1 Å². The van der Waals surface area contributed by atoms with Crippen LogP contribution in [-0.4, -0.2) is 26.1 Å². The molecule has 0 saturated heterocycles. The zero-order valence-corrected chi connectivity index (χ0v) is 11.5. The summed E-state index contributed by atoms with van der Waals surface area (Å²) in [4.78, 5) is 4.17. The van der Waals surface area contributed by atoms with Gasteiger partial charge in [-0.2, -0.15) is 0 Å². The van der Waals surface area contributed by atoms with Gasteiger partial charge in [0.2, 0.25) is 0 Å². The second-order valence-corrected chi connectivity index (χ2v) is 4.85. The fourth-order valence-corrected chi connectivity index (χ4v) is 1.69. The zero-order chi connectivity index (χ0) is 13.4. The Morgan fingerprint density at radius 3 is 2.50 bits per heavy atom. The van der Waals surface area contributed by atoms with Crippen LogP contribution in [0.15, 0.2) is 48.0 Å². The summed E-state index contributed by atoms with van der Waals surface area (Å²) >= 11 is 0. The standard InChI is InChI=1S/C15H23N3/c1-5-11-17-14(16-4)18-12-15(2,3)13-9-7-6-8-10-13/h5-10H,1,11-12H2,2-4H3,(H2,16,17,18). The molecule has 0 spiro atoms. The van der Waals surface area contributed by atoms with Crippen LogP contribution in [-0.2, 0) is 5.41 Å². The van der Waals surface area contributed by atoms with Gasteiger partial charge in [0.05, 0.1) is 0 Å². The Morgan fingerprint density at radius 1 is 1.28 bits per heavy atom. The molecule has 0 fully saturated rings. The number of benzene rings is 1. The molecule has 18 heavy (non-hydrogen) atoms. The van der Waals surface area contributed by atoms with E-state index in [1.54, 1.807) is 7.05 Å². The van der Waals surface area contributed by atoms with Crippen LogP contribution >= 0.6 is 0 Å². The van der Waals surface area contributed by atoms with Crippen molar-refractivity contribution in [3.05, 3.63) is 48.6 Å². The van der Waals surface area contributed by atoms with Crippen molar-refractivity contribution in [1.29, 1.82) is 0 Å². The number of aliphatic imine (C=N–C) groups is 1. The lowest BCUT2D eigenvalue weighted by atomic mass is 9.85. The molecule has 98 valence electrons. The molecule has 0 heterocycles. The van der Waals surface area contributed by atoms with Crippen LogP contribution in [0.4, 0.5) is 0 Å². The summed E-state index contributed by atoms with van der Waals surface area (Å²) in [6.07, 6.45) is 1.81. The minimum absolute atomic E-state index is 0.0626. The van der Waals surface area contributed by atoms with E-state index >= 15 is 0 Å². The number of hydrogen-bond donors (Lipinski definition) is 2. The van der Waals surface area contributed by atoms with Gasteiger partial charge in [0.15, 0.2) is 5.96 Å². The van der Waals surface area contributed by atoms with E-state index in [9.17, 15) is 0 Å². The highest BCUT2D eigenvalue weighted by Gasteiger charge is 2.20. The minimum atomic E-state index is 0.0626. The first-order valence-electron chi connectivity index (χ1n) is 6.21. The maximum absolute atomic E-state index is 4.17. The van der Waals surface area contributed by atoms with E-state index in [1.165, 1.54) is 5.56 Å². The molecule has 0 radical (unpaired) electrons. The van der Waals surface area contributed by atoms with E-state index in [2.05, 4.69) is 60.3 Å². The van der Waals surface area contributed by atoms with Crippen molar-refractivity contribution in [3.63, 3.8) is 0 Å². The molecular formula is C15H23N3. The molecule has 3 heteroatoms. The SMILES string of the molecule is C=CCNC(=NC)NCC(C)(C)c1ccccc1. The molecule has 1 aromatic rings. The smallest absolute Gasteiger partial charge is 0.191 e. The Labute approximate surface area is 110 Å². The molecule has 0 atom stereocenters. The van der Waals surface area contributed by atoms with Gasteiger partial charge in [-0.15, -0.1) is 6.58 Å². The predicted octanol–water partition coefficient (Wildman–Crippen LogP) is 2.32. The highest BCUT2D eigenvalue weighted by Crippen LogP contribution is 2.21. The second-order valence-electron chi connectivity index (χ2n) is 4.85. The molecule has 0 saturated carbocycles. The van der Waals surface area contributed by atoms with Crippen LogP contribution in [0, 0.1) is 0 Å². The van der Waals surface area contributed by atoms with E-state index in [1.807, 2.05) is 12.1 Å². The molecule has 3 nitrogen and oxygen atoms in total. The summed E-state index contributed by atoms with van der Waals surface area (Å²) < 4.78 is 0. The highest BCUT2D eigenvalue weighted by atomic mass is 15.2. The molecule has 0 bridgehead atoms. The lowest BCUT2D eigenvalue weighted by Gasteiger charge is -2.26. The highest BCUT2D eigenvalue weighted by molar-refractivity contribution is 5.79. The summed E-state index contributed by atoms with van der Waals surface area (Å²) in [6.45, 7) is 9.66. The molecule has 0 aliphatic rings. The summed E-state index contributed by atoms with van der Waals surface area (Å²) in [5, 5.41) is 6.50. The van der Waals surface area contributed by atoms with Gasteiger partial charge < -0.3 is 10.6 Å². The normalized spacial score (nSPS) is 12.1. The summed E-state index contributed by atoms with van der Waals surface area (Å²) in [5.41, 5.74) is 1.38. The van der Waals surface area contributed by atoms with E-state index in [4.69, 9.17) is 0 Å². The molecule has 0 aliphatic carbocycles. The first kappa shape index (κ1) is 14.3. The van der Waals surface area contributed by atoms with Gasteiger partial charge in [-0.1, -0.05) is 50.3 Å². The number of guanidine groups is 1. The average molecular weight is 245 g/mol. The first-order chi connectivity index (χ1) is 8.60. The number of rotatable bonds is 5. The van der Waals surface area contributed by atoms with Gasteiger partial charge >= 0.3 is 0 Å². The van der Waals surface area contributed by atoms with Crippen molar-refractivity contribution in [1.82, 2.24) is 10.6 Å². The predicted molar refractivity (Wildman–Crippen MR) is 79.0 cm³/mol. The maximum atomic E-state index is 4.17. The lowest BCUT2D eigenvalue weighted by Crippen LogP contribution is -2.43. The van der Waals surface area contributed by atoms with Crippen molar-refractivity contribution >= 4 is 5.96 Å². The second kappa shape index (κ2) is 6.84. The van der Waals surface area contributed by atoms with Crippen molar-refractivity contribution < 1.29 is 0 Å². The van der Waals surface area contributed by atoms with Gasteiger partial charge in [0.1, 0.15) is 0 Å². The number of hydrogen-bond acceptors (Lipinski definition) is 1. The Kier molecular flexibility index (Phi) is 5.43. The van der Waals surface area contributed by atoms with Crippen molar-refractivity contribution in [2.24, 2.45) is 4.99 Å². The van der Waals surface area contributed by atoms with E-state index < -0.39 is 0 Å². The van der Waals surface area contributed by atoms with Crippen molar-refractivity contribution in [2.45, 2.75) is 19.3 Å². The van der Waals surface area contributed by atoms with E-state index in [0.717, 1.165) is 12.5 Å². The fraction of sp³-hybridized carbons (Fsp3) is 0.400. The third kappa shape index (κ3) is 4.24. The monoisotopic (exact) mass is 245 g/mol. The van der Waals surface area contributed by atoms with E-state index in [0.29, 0.717) is 6.54 Å². The fourth-order valence-electron chi connectivity index (χ4n) is 1.69. The van der Waals surface area contributed by atoms with Crippen LogP contribution in [0.3, 0.4) is 0 Å². The Hall–Kier alpha value is -1.77. The van der Waals surface area contributed by atoms with Crippen LogP contribution in [0.1, 0.15) is 19.4 Å². The molecule has 0 aromatic heterocycles. The topological polar surface area (TPSA) is 36.4 Å². The first-order valence-corrected chi connectivity index (χ1v) is 6.21. The third-order valence-corrected chi connectivity index (χ3v) is 2.89. The summed E-state index contributed by atoms with van der Waals surface area (Å²) in [5.74, 6) is 0.805. The summed E-state index contributed by atoms with van der Waals surface area (Å²) in [7, 11) is 1.77. The average Bonchev–Trinajstić information content (AvgIpc) is 2.40. The summed E-state index contributed by atoms with van der Waals surface area (Å²) in [6, 6.07) is 10.5. The van der Waals surface area contributed by atoms with Crippen molar-refractivity contribution in [3.8, 4) is 0 Å². The quantitative estimate of drug-likeness (QED) is 0.474. The lowest BCUT2D eigenvalue weighted by molar-refractivity contribution is 0.509. The zero-order valence-electron chi connectivity index (χ0n) is 11.5. The third-order valence-electron chi connectivity index (χ3n) is 2.89. The molecule has 0 aliphatic heterocycles. The molecule has 0 amide bonds. The maximum Gasteiger partial charge on any atom is 0.191 e. The van der Waals surface area contributed by atoms with Crippen LogP contribution in [0.2, 0.25) is 0 Å². The molecule has 1 aromatic carbocycles. The number of nitrogens with one attached hydrogen (secondary N) is 2. The molecule has 2 N–H and O–H groups in total. The van der Waals surface area contributed by atoms with Gasteiger partial charge in [0.25, 0.3) is 0 Å². The largest absolute Gasteiger partial charge is 0.356 e. The molecular weight excluding hydrogens is 222 g/mol. The van der Waals surface area contributed by atoms with Crippen LogP contribution in [0.5, 0.6) is 0 Å². The Bertz CT molecular complexity index is 393. The molecule has 0 unspecified atom stereocenters. The van der Waals surface area contributed by atoms with Gasteiger partial charge in [-0.25, -0.2) is 0 Å². The van der Waals surface area contributed by atoms with E-state index in [-0.39, 0.29) is 5.41 Å².